The van der Waals surface area contributed by atoms with Gasteiger partial charge in [0.05, 0.1) is 25.0 Å². The molecule has 2 rings (SSSR count). The minimum Gasteiger partial charge on any atom is -0.478 e. The largest absolute Gasteiger partial charge is 0.478 e. The zero-order chi connectivity index (χ0) is 13.0. The fourth-order valence-corrected chi connectivity index (χ4v) is 1.78. The smallest absolute Gasteiger partial charge is 0.338 e. The highest BCUT2D eigenvalue weighted by atomic mass is 16.5. The molecule has 1 aromatic heterocycles. The number of hydrogen-bond donors (Lipinski definition) is 1. The summed E-state index contributed by atoms with van der Waals surface area (Å²) in [7, 11) is 0. The van der Waals surface area contributed by atoms with Crippen molar-refractivity contribution in [2.24, 2.45) is 0 Å². The van der Waals surface area contributed by atoms with Crippen molar-refractivity contribution in [2.75, 3.05) is 26.3 Å². The molecule has 1 saturated heterocycles. The van der Waals surface area contributed by atoms with Crippen LogP contribution in [0.2, 0.25) is 0 Å². The van der Waals surface area contributed by atoms with Gasteiger partial charge in [-0.3, -0.25) is 9.48 Å². The minimum atomic E-state index is -1.01. The SMILES string of the molecule is O=C(O)c1cnn(CCC(=O)N2CCOCC2)c1. The van der Waals surface area contributed by atoms with E-state index in [1.165, 1.54) is 17.1 Å². The molecule has 0 radical (unpaired) electrons. The van der Waals surface area contributed by atoms with Gasteiger partial charge in [0.2, 0.25) is 5.91 Å². The van der Waals surface area contributed by atoms with Gasteiger partial charge in [0.15, 0.2) is 0 Å². The van der Waals surface area contributed by atoms with Crippen molar-refractivity contribution in [1.82, 2.24) is 14.7 Å². The average Bonchev–Trinajstić information content (AvgIpc) is 2.86. The number of carbonyl (C=O) groups excluding carboxylic acids is 1. The summed E-state index contributed by atoms with van der Waals surface area (Å²) < 4.78 is 6.64. The number of nitrogens with zero attached hydrogens (tertiary/aromatic N) is 3. The Morgan fingerprint density at radius 1 is 1.39 bits per heavy atom. The third-order valence-electron chi connectivity index (χ3n) is 2.80. The van der Waals surface area contributed by atoms with Crippen molar-refractivity contribution >= 4 is 11.9 Å². The van der Waals surface area contributed by atoms with E-state index in [1.807, 2.05) is 0 Å². The molecule has 0 aromatic carbocycles. The number of rotatable bonds is 4. The maximum absolute atomic E-state index is 11.8. The summed E-state index contributed by atoms with van der Waals surface area (Å²) in [5.74, 6) is -0.966. The molecular weight excluding hydrogens is 238 g/mol. The molecule has 2 heterocycles. The first-order valence-electron chi connectivity index (χ1n) is 5.78. The van der Waals surface area contributed by atoms with Crippen molar-refractivity contribution in [3.8, 4) is 0 Å². The van der Waals surface area contributed by atoms with Gasteiger partial charge in [0.1, 0.15) is 0 Å². The topological polar surface area (TPSA) is 84.7 Å². The van der Waals surface area contributed by atoms with Crippen LogP contribution in [-0.4, -0.2) is 58.0 Å². The average molecular weight is 253 g/mol. The van der Waals surface area contributed by atoms with Gasteiger partial charge in [0, 0.05) is 32.3 Å². The second kappa shape index (κ2) is 5.63. The summed E-state index contributed by atoms with van der Waals surface area (Å²) in [5.41, 5.74) is 0.133. The number of ether oxygens (including phenoxy) is 1. The van der Waals surface area contributed by atoms with E-state index in [4.69, 9.17) is 9.84 Å². The van der Waals surface area contributed by atoms with E-state index in [1.54, 1.807) is 4.90 Å². The second-order valence-electron chi connectivity index (χ2n) is 4.04. The Bertz CT molecular complexity index is 437. The first-order chi connectivity index (χ1) is 8.66. The second-order valence-corrected chi connectivity index (χ2v) is 4.04. The van der Waals surface area contributed by atoms with Crippen LogP contribution in [0.15, 0.2) is 12.4 Å². The van der Waals surface area contributed by atoms with Gasteiger partial charge < -0.3 is 14.7 Å². The highest BCUT2D eigenvalue weighted by molar-refractivity contribution is 5.86. The zero-order valence-electron chi connectivity index (χ0n) is 9.91. The van der Waals surface area contributed by atoms with Crippen molar-refractivity contribution < 1.29 is 19.4 Å². The maximum atomic E-state index is 11.8. The van der Waals surface area contributed by atoms with E-state index in [2.05, 4.69) is 5.10 Å². The monoisotopic (exact) mass is 253 g/mol. The molecule has 1 N–H and O–H groups in total. The number of hydrogen-bond acceptors (Lipinski definition) is 4. The van der Waals surface area contributed by atoms with Crippen LogP contribution in [0.1, 0.15) is 16.8 Å². The molecule has 1 amide bonds. The van der Waals surface area contributed by atoms with Gasteiger partial charge in [0.25, 0.3) is 0 Å². The fourth-order valence-electron chi connectivity index (χ4n) is 1.78. The molecule has 7 nitrogen and oxygen atoms in total. The van der Waals surface area contributed by atoms with Crippen LogP contribution >= 0.6 is 0 Å². The number of carboxylic acids is 1. The lowest BCUT2D eigenvalue weighted by Crippen LogP contribution is -2.40. The molecular formula is C11H15N3O4. The molecule has 1 aromatic rings. The van der Waals surface area contributed by atoms with Crippen LogP contribution in [0.4, 0.5) is 0 Å². The molecule has 1 aliphatic rings. The van der Waals surface area contributed by atoms with Gasteiger partial charge in [-0.1, -0.05) is 0 Å². The molecule has 0 aliphatic carbocycles. The summed E-state index contributed by atoms with van der Waals surface area (Å²) >= 11 is 0. The summed E-state index contributed by atoms with van der Waals surface area (Å²) in [6.45, 7) is 2.80. The molecule has 0 unspecified atom stereocenters. The van der Waals surface area contributed by atoms with E-state index >= 15 is 0 Å². The standard InChI is InChI=1S/C11H15N3O4/c15-10(13-3-5-18-6-4-13)1-2-14-8-9(7-12-14)11(16)17/h7-8H,1-6H2,(H,16,17). The van der Waals surface area contributed by atoms with Crippen LogP contribution in [0.25, 0.3) is 0 Å². The van der Waals surface area contributed by atoms with Crippen LogP contribution in [-0.2, 0) is 16.1 Å². The minimum absolute atomic E-state index is 0.0469. The maximum Gasteiger partial charge on any atom is 0.338 e. The lowest BCUT2D eigenvalue weighted by molar-refractivity contribution is -0.135. The Labute approximate surface area is 104 Å². The Morgan fingerprint density at radius 2 is 2.11 bits per heavy atom. The summed E-state index contributed by atoms with van der Waals surface area (Å²) in [4.78, 5) is 24.2. The van der Waals surface area contributed by atoms with Crippen LogP contribution in [0.5, 0.6) is 0 Å². The van der Waals surface area contributed by atoms with E-state index in [0.29, 0.717) is 39.3 Å². The van der Waals surface area contributed by atoms with Gasteiger partial charge >= 0.3 is 5.97 Å². The van der Waals surface area contributed by atoms with E-state index in [-0.39, 0.29) is 11.5 Å². The molecule has 98 valence electrons. The lowest BCUT2D eigenvalue weighted by atomic mass is 10.3. The number of carboxylic acid groups (broad SMARTS) is 1. The van der Waals surface area contributed by atoms with Gasteiger partial charge in [-0.25, -0.2) is 4.79 Å². The predicted octanol–water partition coefficient (Wildman–Crippen LogP) is -0.170. The first-order valence-corrected chi connectivity index (χ1v) is 5.78. The highest BCUT2D eigenvalue weighted by Gasteiger charge is 2.16. The molecule has 1 aliphatic heterocycles. The number of carbonyl (C=O) groups is 2. The predicted molar refractivity (Wildman–Crippen MR) is 61.2 cm³/mol. The molecule has 18 heavy (non-hydrogen) atoms. The van der Waals surface area contributed by atoms with Crippen molar-refractivity contribution in [2.45, 2.75) is 13.0 Å². The van der Waals surface area contributed by atoms with Gasteiger partial charge in [-0.05, 0) is 0 Å². The molecule has 7 heteroatoms. The summed E-state index contributed by atoms with van der Waals surface area (Å²) in [6.07, 6.45) is 3.03. The van der Waals surface area contributed by atoms with E-state index in [0.717, 1.165) is 0 Å². The Hall–Kier alpha value is -1.89. The molecule has 0 bridgehead atoms. The molecule has 0 saturated carbocycles. The van der Waals surface area contributed by atoms with Crippen LogP contribution < -0.4 is 0 Å². The number of aromatic nitrogens is 2. The number of amides is 1. The van der Waals surface area contributed by atoms with Gasteiger partial charge in [-0.15, -0.1) is 0 Å². The molecule has 0 atom stereocenters. The molecule has 1 fully saturated rings. The van der Waals surface area contributed by atoms with E-state index < -0.39 is 5.97 Å². The van der Waals surface area contributed by atoms with E-state index in [9.17, 15) is 9.59 Å². The Balaban J connectivity index is 1.82. The summed E-state index contributed by atoms with van der Waals surface area (Å²) in [6, 6.07) is 0. The molecule has 0 spiro atoms. The Morgan fingerprint density at radius 3 is 2.72 bits per heavy atom. The normalized spacial score (nSPS) is 15.7. The number of morpholine rings is 1. The third kappa shape index (κ3) is 3.07. The van der Waals surface area contributed by atoms with Crippen molar-refractivity contribution in [1.29, 1.82) is 0 Å². The lowest BCUT2D eigenvalue weighted by Gasteiger charge is -2.26. The first kappa shape index (κ1) is 12.6. The number of aryl methyl sites for hydroxylation is 1. The quantitative estimate of drug-likeness (QED) is 0.805. The zero-order valence-corrected chi connectivity index (χ0v) is 9.91. The van der Waals surface area contributed by atoms with Crippen molar-refractivity contribution in [3.63, 3.8) is 0 Å². The fraction of sp³-hybridized carbons (Fsp3) is 0.545. The van der Waals surface area contributed by atoms with Crippen molar-refractivity contribution in [3.05, 3.63) is 18.0 Å². The van der Waals surface area contributed by atoms with Crippen LogP contribution in [0.3, 0.4) is 0 Å². The Kier molecular flexibility index (Phi) is 3.93. The van der Waals surface area contributed by atoms with Crippen LogP contribution in [0, 0.1) is 0 Å². The number of aromatic carboxylic acids is 1. The summed E-state index contributed by atoms with van der Waals surface area (Å²) in [5, 5.41) is 12.6. The third-order valence-corrected chi connectivity index (χ3v) is 2.80. The van der Waals surface area contributed by atoms with Gasteiger partial charge in [-0.2, -0.15) is 5.10 Å². The highest BCUT2D eigenvalue weighted by Crippen LogP contribution is 2.03.